The minimum absolute atomic E-state index is 0.805. The third-order valence-corrected chi connectivity index (χ3v) is 1.60. The Hall–Kier alpha value is -1.40. The molecule has 0 spiro atoms. The molecule has 0 unspecified atom stereocenters. The third-order valence-electron chi connectivity index (χ3n) is 1.60. The first kappa shape index (κ1) is 12.6. The van der Waals surface area contributed by atoms with E-state index in [9.17, 15) is 0 Å². The molecule has 0 N–H and O–H groups in total. The lowest BCUT2D eigenvalue weighted by Gasteiger charge is -1.88. The van der Waals surface area contributed by atoms with Crippen molar-refractivity contribution in [3.05, 3.63) is 25.3 Å². The molecule has 0 amide bonds. The van der Waals surface area contributed by atoms with Crippen LogP contribution in [0.5, 0.6) is 0 Å². The Morgan fingerprint density at radius 1 is 0.714 bits per heavy atom. The summed E-state index contributed by atoms with van der Waals surface area (Å²) in [6.07, 6.45) is 9.52. The molecule has 0 saturated carbocycles. The van der Waals surface area contributed by atoms with Crippen molar-refractivity contribution in [3.63, 3.8) is 0 Å². The zero-order valence-corrected chi connectivity index (χ0v) is 8.81. The fourth-order valence-electron chi connectivity index (χ4n) is 0.892. The highest BCUT2D eigenvalue weighted by Crippen LogP contribution is 1.97. The zero-order chi connectivity index (χ0) is 10.5. The van der Waals surface area contributed by atoms with Gasteiger partial charge in [0.15, 0.2) is 0 Å². The number of allylic oxidation sites excluding steroid dienone is 2. The SMILES string of the molecule is C=CCC#CCCCCC#CCC=C. The maximum absolute atomic E-state index is 3.61. The summed E-state index contributed by atoms with van der Waals surface area (Å²) in [6.45, 7) is 7.22. The molecular formula is C14H18. The maximum Gasteiger partial charge on any atom is 0.0267 e. The second kappa shape index (κ2) is 11.6. The van der Waals surface area contributed by atoms with Gasteiger partial charge in [0, 0.05) is 25.7 Å². The van der Waals surface area contributed by atoms with Gasteiger partial charge >= 0.3 is 0 Å². The molecule has 0 bridgehead atoms. The molecule has 0 saturated heterocycles. The van der Waals surface area contributed by atoms with Crippen LogP contribution < -0.4 is 0 Å². The quantitative estimate of drug-likeness (QED) is 0.349. The van der Waals surface area contributed by atoms with Crippen LogP contribution in [0.15, 0.2) is 25.3 Å². The summed E-state index contributed by atoms with van der Waals surface area (Å²) < 4.78 is 0. The number of unbranched alkanes of at least 4 members (excludes halogenated alkanes) is 3. The summed E-state index contributed by atoms with van der Waals surface area (Å²) in [5.74, 6) is 12.3. The normalized spacial score (nSPS) is 7.71. The molecule has 0 aliphatic heterocycles. The first-order valence-corrected chi connectivity index (χ1v) is 5.05. The number of hydrogen-bond acceptors (Lipinski definition) is 0. The second-order valence-electron chi connectivity index (χ2n) is 2.90. The lowest BCUT2D eigenvalue weighted by molar-refractivity contribution is 0.782. The van der Waals surface area contributed by atoms with E-state index in [1.54, 1.807) is 0 Å². The van der Waals surface area contributed by atoms with E-state index in [-0.39, 0.29) is 0 Å². The average molecular weight is 186 g/mol. The maximum atomic E-state index is 3.61. The summed E-state index contributed by atoms with van der Waals surface area (Å²) in [5.41, 5.74) is 0. The molecule has 0 heterocycles. The van der Waals surface area contributed by atoms with E-state index >= 15 is 0 Å². The lowest BCUT2D eigenvalue weighted by Crippen LogP contribution is -1.73. The van der Waals surface area contributed by atoms with Crippen LogP contribution in [0.2, 0.25) is 0 Å². The summed E-state index contributed by atoms with van der Waals surface area (Å²) in [6, 6.07) is 0. The fraction of sp³-hybridized carbons (Fsp3) is 0.429. The standard InChI is InChI=1S/C14H18/c1-3-5-7-9-11-13-14-12-10-8-6-4-2/h3-4H,1-2,5-6,11-14H2. The molecule has 0 aliphatic carbocycles. The van der Waals surface area contributed by atoms with Gasteiger partial charge in [0.1, 0.15) is 0 Å². The van der Waals surface area contributed by atoms with Crippen molar-refractivity contribution in [2.75, 3.05) is 0 Å². The predicted molar refractivity (Wildman–Crippen MR) is 63.6 cm³/mol. The Kier molecular flexibility index (Phi) is 10.4. The molecule has 0 radical (unpaired) electrons. The van der Waals surface area contributed by atoms with Gasteiger partial charge in [0.25, 0.3) is 0 Å². The van der Waals surface area contributed by atoms with Crippen molar-refractivity contribution >= 4 is 0 Å². The van der Waals surface area contributed by atoms with Crippen LogP contribution in [0.25, 0.3) is 0 Å². The van der Waals surface area contributed by atoms with Crippen molar-refractivity contribution < 1.29 is 0 Å². The molecule has 0 atom stereocenters. The Labute approximate surface area is 88.1 Å². The van der Waals surface area contributed by atoms with Crippen LogP contribution in [0.1, 0.15) is 38.5 Å². The zero-order valence-electron chi connectivity index (χ0n) is 8.81. The van der Waals surface area contributed by atoms with Gasteiger partial charge in [-0.15, -0.1) is 25.0 Å². The minimum Gasteiger partial charge on any atom is -0.103 e. The second-order valence-corrected chi connectivity index (χ2v) is 2.90. The molecule has 74 valence electrons. The number of rotatable bonds is 5. The van der Waals surface area contributed by atoms with Crippen molar-refractivity contribution in [2.24, 2.45) is 0 Å². The molecule has 0 aromatic carbocycles. The van der Waals surface area contributed by atoms with Gasteiger partial charge in [0.2, 0.25) is 0 Å². The van der Waals surface area contributed by atoms with E-state index in [0.717, 1.165) is 38.5 Å². The predicted octanol–water partition coefficient (Wildman–Crippen LogP) is 3.71. The molecule has 0 nitrogen and oxygen atoms in total. The van der Waals surface area contributed by atoms with Gasteiger partial charge in [-0.25, -0.2) is 0 Å². The molecule has 0 aromatic heterocycles. The third kappa shape index (κ3) is 10.6. The van der Waals surface area contributed by atoms with Crippen molar-refractivity contribution in [1.29, 1.82) is 0 Å². The smallest absolute Gasteiger partial charge is 0.0267 e. The van der Waals surface area contributed by atoms with Crippen LogP contribution >= 0.6 is 0 Å². The Morgan fingerprint density at radius 3 is 1.50 bits per heavy atom. The average Bonchev–Trinajstić information content (AvgIpc) is 2.21. The summed E-state index contributed by atoms with van der Waals surface area (Å²) in [5, 5.41) is 0. The van der Waals surface area contributed by atoms with Gasteiger partial charge in [-0.2, -0.15) is 0 Å². The number of hydrogen-bond donors (Lipinski definition) is 0. The lowest BCUT2D eigenvalue weighted by atomic mass is 10.2. The van der Waals surface area contributed by atoms with Gasteiger partial charge in [-0.1, -0.05) is 24.0 Å². The van der Waals surface area contributed by atoms with E-state index in [4.69, 9.17) is 0 Å². The van der Waals surface area contributed by atoms with Crippen molar-refractivity contribution in [3.8, 4) is 23.7 Å². The van der Waals surface area contributed by atoms with Crippen LogP contribution in [0.3, 0.4) is 0 Å². The Bertz CT molecular complexity index is 232. The van der Waals surface area contributed by atoms with E-state index in [0.29, 0.717) is 0 Å². The van der Waals surface area contributed by atoms with Crippen molar-refractivity contribution in [2.45, 2.75) is 38.5 Å². The summed E-state index contributed by atoms with van der Waals surface area (Å²) in [4.78, 5) is 0. The van der Waals surface area contributed by atoms with Gasteiger partial charge < -0.3 is 0 Å². The molecule has 0 heteroatoms. The molecule has 0 aliphatic rings. The molecule has 0 fully saturated rings. The Morgan fingerprint density at radius 2 is 1.14 bits per heavy atom. The molecule has 0 aromatic rings. The highest BCUT2D eigenvalue weighted by atomic mass is 13.9. The molecule has 14 heavy (non-hydrogen) atoms. The van der Waals surface area contributed by atoms with Crippen molar-refractivity contribution in [1.82, 2.24) is 0 Å². The highest BCUT2D eigenvalue weighted by Gasteiger charge is 1.82. The largest absolute Gasteiger partial charge is 0.103 e. The summed E-state index contributed by atoms with van der Waals surface area (Å²) >= 11 is 0. The highest BCUT2D eigenvalue weighted by molar-refractivity contribution is 5.04. The van der Waals surface area contributed by atoms with E-state index in [1.165, 1.54) is 0 Å². The van der Waals surface area contributed by atoms with E-state index in [2.05, 4.69) is 36.8 Å². The topological polar surface area (TPSA) is 0 Å². The van der Waals surface area contributed by atoms with Crippen LogP contribution in [0.4, 0.5) is 0 Å². The first-order valence-electron chi connectivity index (χ1n) is 5.05. The van der Waals surface area contributed by atoms with Crippen LogP contribution in [-0.2, 0) is 0 Å². The van der Waals surface area contributed by atoms with Gasteiger partial charge in [-0.05, 0) is 12.8 Å². The van der Waals surface area contributed by atoms with E-state index < -0.39 is 0 Å². The monoisotopic (exact) mass is 186 g/mol. The van der Waals surface area contributed by atoms with E-state index in [1.807, 2.05) is 12.2 Å². The fourth-order valence-corrected chi connectivity index (χ4v) is 0.892. The first-order chi connectivity index (χ1) is 6.91. The summed E-state index contributed by atoms with van der Waals surface area (Å²) in [7, 11) is 0. The molecule has 0 rings (SSSR count). The van der Waals surface area contributed by atoms with Crippen LogP contribution in [-0.4, -0.2) is 0 Å². The Balaban J connectivity index is 3.23. The molecular weight excluding hydrogens is 168 g/mol. The van der Waals surface area contributed by atoms with Crippen LogP contribution in [0, 0.1) is 23.7 Å². The van der Waals surface area contributed by atoms with Gasteiger partial charge in [0.05, 0.1) is 0 Å². The minimum atomic E-state index is 0.805. The van der Waals surface area contributed by atoms with Gasteiger partial charge in [-0.3, -0.25) is 0 Å².